The molecule has 1 N–H and O–H groups in total. The molecule has 0 spiro atoms. The number of benzene rings is 7. The second-order valence-corrected chi connectivity index (χ2v) is 14.4. The molecule has 7 aromatic carbocycles. The van der Waals surface area contributed by atoms with Crippen LogP contribution in [0.3, 0.4) is 0 Å². The molecule has 4 heterocycles. The Morgan fingerprint density at radius 1 is 0.500 bits per heavy atom. The fourth-order valence-electron chi connectivity index (χ4n) is 8.45. The molecule has 3 unspecified atom stereocenters. The first-order chi connectivity index (χ1) is 27.8. The molecular weight excluding hydrogens is 685 g/mol. The molecule has 0 saturated carbocycles. The zero-order valence-corrected chi connectivity index (χ0v) is 30.4. The Kier molecular flexibility index (Phi) is 7.67. The second-order valence-electron chi connectivity index (χ2n) is 14.4. The first-order valence-corrected chi connectivity index (χ1v) is 19.1. The van der Waals surface area contributed by atoms with Gasteiger partial charge in [-0.05, 0) is 64.8 Å². The van der Waals surface area contributed by atoms with E-state index in [1.807, 2.05) is 18.2 Å². The van der Waals surface area contributed by atoms with Crippen LogP contribution in [0.5, 0.6) is 0 Å². The largest absolute Gasteiger partial charge is 0.662 e. The van der Waals surface area contributed by atoms with Crippen LogP contribution in [0, 0.1) is 0 Å². The van der Waals surface area contributed by atoms with Gasteiger partial charge in [0.05, 0.1) is 16.6 Å². The molecule has 2 aliphatic rings. The summed E-state index contributed by atoms with van der Waals surface area (Å²) in [5, 5.41) is 19.2. The Hall–Kier alpha value is -7.15. The molecule has 11 rings (SSSR count). The Morgan fingerprint density at radius 2 is 1.12 bits per heavy atom. The maximum absolute atomic E-state index is 5.44. The van der Waals surface area contributed by atoms with Gasteiger partial charge in [-0.25, -0.2) is 0 Å². The van der Waals surface area contributed by atoms with Crippen molar-refractivity contribution in [2.45, 2.75) is 18.5 Å². The third-order valence-electron chi connectivity index (χ3n) is 11.1. The highest BCUT2D eigenvalue weighted by atomic mass is 15.3. The molecular formula is C50H36N6-2. The SMILES string of the molecule is C1=CC(n2c3ccccc3c3cc4c5ccccc5n(-c5ccccc5)c4cc32)[N-]C(C2=NC(c3ccc(-c4ccccc4)cc3)NC(c3ccccc3)[N-]2)=C1. The van der Waals surface area contributed by atoms with Crippen LogP contribution in [0.2, 0.25) is 0 Å². The average Bonchev–Trinajstić information content (AvgIpc) is 3.78. The minimum Gasteiger partial charge on any atom is -0.662 e. The summed E-state index contributed by atoms with van der Waals surface area (Å²) in [5.74, 6) is 0.636. The van der Waals surface area contributed by atoms with E-state index in [1.54, 1.807) is 0 Å². The van der Waals surface area contributed by atoms with Gasteiger partial charge < -0.3 is 30.1 Å². The molecule has 6 heteroatoms. The Balaban J connectivity index is 1.01. The predicted molar refractivity (Wildman–Crippen MR) is 231 cm³/mol. The number of aliphatic imine (C=N–C) groups is 1. The molecule has 2 aromatic heterocycles. The zero-order valence-electron chi connectivity index (χ0n) is 30.4. The fourth-order valence-corrected chi connectivity index (χ4v) is 8.45. The highest BCUT2D eigenvalue weighted by molar-refractivity contribution is 6.19. The van der Waals surface area contributed by atoms with E-state index in [0.717, 1.165) is 39.1 Å². The third-order valence-corrected chi connectivity index (χ3v) is 11.1. The molecule has 0 saturated heterocycles. The van der Waals surface area contributed by atoms with Crippen molar-refractivity contribution in [2.75, 3.05) is 0 Å². The topological polar surface area (TPSA) is 62.5 Å². The summed E-state index contributed by atoms with van der Waals surface area (Å²) in [5.41, 5.74) is 11.0. The number of rotatable bonds is 6. The van der Waals surface area contributed by atoms with Crippen LogP contribution in [0.1, 0.15) is 29.6 Å². The number of allylic oxidation sites excluding steroid dienone is 2. The summed E-state index contributed by atoms with van der Waals surface area (Å²) < 4.78 is 4.75. The molecule has 268 valence electrons. The Bertz CT molecular complexity index is 2990. The van der Waals surface area contributed by atoms with Crippen molar-refractivity contribution in [1.82, 2.24) is 14.5 Å². The lowest BCUT2D eigenvalue weighted by molar-refractivity contribution is 0.488. The standard InChI is InChI=1S/C50H36N6/c1-4-15-33(16-5-1)34-27-29-36(30-28-34)49-52-48(35-17-6-2-7-18-35)53-50(54-49)42-23-14-26-47(51-42)56-44-25-13-11-22-39(44)41-31-40-38-21-10-12-24-43(38)55(45(40)32-46(41)56)37-19-8-3-9-20-37/h1-32,47-49,52H/q-2. The van der Waals surface area contributed by atoms with E-state index in [-0.39, 0.29) is 18.5 Å². The molecule has 0 amide bonds. The number of hydrogen-bond acceptors (Lipinski definition) is 2. The van der Waals surface area contributed by atoms with Gasteiger partial charge in [-0.15, -0.1) is 5.70 Å². The van der Waals surface area contributed by atoms with Crippen molar-refractivity contribution < 1.29 is 0 Å². The molecule has 0 radical (unpaired) electrons. The molecule has 0 aliphatic carbocycles. The Morgan fingerprint density at radius 3 is 1.89 bits per heavy atom. The molecule has 3 atom stereocenters. The molecule has 0 bridgehead atoms. The molecule has 2 aliphatic heterocycles. The van der Waals surface area contributed by atoms with Crippen molar-refractivity contribution in [1.29, 1.82) is 0 Å². The van der Waals surface area contributed by atoms with Crippen molar-refractivity contribution in [3.63, 3.8) is 0 Å². The van der Waals surface area contributed by atoms with E-state index >= 15 is 0 Å². The van der Waals surface area contributed by atoms with E-state index < -0.39 is 0 Å². The van der Waals surface area contributed by atoms with Gasteiger partial charge in [0.15, 0.2) is 0 Å². The quantitative estimate of drug-likeness (QED) is 0.183. The smallest absolute Gasteiger partial charge is 0.0562 e. The minimum atomic E-state index is -0.309. The highest BCUT2D eigenvalue weighted by Crippen LogP contribution is 2.43. The third kappa shape index (κ3) is 5.42. The van der Waals surface area contributed by atoms with Crippen molar-refractivity contribution in [3.05, 3.63) is 222 Å². The first-order valence-electron chi connectivity index (χ1n) is 19.1. The van der Waals surface area contributed by atoms with Gasteiger partial charge in [0, 0.05) is 45.1 Å². The van der Waals surface area contributed by atoms with Crippen LogP contribution in [0.15, 0.2) is 205 Å². The predicted octanol–water partition coefficient (Wildman–Crippen LogP) is 12.7. The zero-order chi connectivity index (χ0) is 37.0. The van der Waals surface area contributed by atoms with Crippen LogP contribution in [0.4, 0.5) is 0 Å². The molecule has 0 fully saturated rings. The van der Waals surface area contributed by atoms with Gasteiger partial charge in [-0.1, -0.05) is 164 Å². The van der Waals surface area contributed by atoms with Gasteiger partial charge in [0.1, 0.15) is 0 Å². The maximum atomic E-state index is 5.44. The number of nitrogens with one attached hydrogen (secondary N) is 1. The summed E-state index contributed by atoms with van der Waals surface area (Å²) in [7, 11) is 0. The first kappa shape index (κ1) is 32.3. The van der Waals surface area contributed by atoms with E-state index in [4.69, 9.17) is 15.6 Å². The maximum Gasteiger partial charge on any atom is 0.0562 e. The Labute approximate surface area is 324 Å². The highest BCUT2D eigenvalue weighted by Gasteiger charge is 2.21. The monoisotopic (exact) mass is 720 g/mol. The number of amidine groups is 1. The van der Waals surface area contributed by atoms with Crippen LogP contribution < -0.4 is 5.32 Å². The normalized spacial score (nSPS) is 18.2. The van der Waals surface area contributed by atoms with Crippen LogP contribution >= 0.6 is 0 Å². The minimum absolute atomic E-state index is 0.288. The number of fused-ring (bicyclic) bond motifs is 6. The molecule has 56 heavy (non-hydrogen) atoms. The van der Waals surface area contributed by atoms with Crippen molar-refractivity contribution >= 4 is 49.4 Å². The second kappa shape index (κ2) is 13.3. The van der Waals surface area contributed by atoms with E-state index in [0.29, 0.717) is 5.84 Å². The summed E-state index contributed by atoms with van der Waals surface area (Å²) in [6, 6.07) is 62.2. The van der Waals surface area contributed by atoms with Gasteiger partial charge in [-0.3, -0.25) is 0 Å². The van der Waals surface area contributed by atoms with Gasteiger partial charge in [0.25, 0.3) is 0 Å². The lowest BCUT2D eigenvalue weighted by Crippen LogP contribution is -2.32. The van der Waals surface area contributed by atoms with Crippen LogP contribution in [0.25, 0.3) is 71.1 Å². The van der Waals surface area contributed by atoms with Crippen molar-refractivity contribution in [3.8, 4) is 16.8 Å². The van der Waals surface area contributed by atoms with E-state index in [9.17, 15) is 0 Å². The summed E-state index contributed by atoms with van der Waals surface area (Å²) in [4.78, 5) is 5.24. The lowest BCUT2D eigenvalue weighted by Gasteiger charge is -2.47. The van der Waals surface area contributed by atoms with Crippen molar-refractivity contribution in [2.24, 2.45) is 4.99 Å². The van der Waals surface area contributed by atoms with Crippen LogP contribution in [-0.2, 0) is 0 Å². The summed E-state index contributed by atoms with van der Waals surface area (Å²) in [6.07, 6.45) is 5.41. The molecule has 9 aromatic rings. The number of aromatic nitrogens is 2. The number of para-hydroxylation sites is 3. The van der Waals surface area contributed by atoms with E-state index in [1.165, 1.54) is 38.2 Å². The van der Waals surface area contributed by atoms with E-state index in [2.05, 4.69) is 190 Å². The summed E-state index contributed by atoms with van der Waals surface area (Å²) >= 11 is 0. The van der Waals surface area contributed by atoms with Gasteiger partial charge in [0.2, 0.25) is 0 Å². The molecule has 6 nitrogen and oxygen atoms in total. The summed E-state index contributed by atoms with van der Waals surface area (Å²) in [6.45, 7) is 0. The van der Waals surface area contributed by atoms with Gasteiger partial charge in [-0.2, -0.15) is 0 Å². The van der Waals surface area contributed by atoms with Gasteiger partial charge >= 0.3 is 0 Å². The fraction of sp³-hybridized carbons (Fsp3) is 0.0600. The number of hydrogen-bond donors (Lipinski definition) is 1. The average molecular weight is 721 g/mol. The number of nitrogens with zero attached hydrogens (tertiary/aromatic N) is 5. The van der Waals surface area contributed by atoms with Crippen LogP contribution in [-0.4, -0.2) is 15.0 Å². The lowest BCUT2D eigenvalue weighted by atomic mass is 10.0.